The first-order valence-corrected chi connectivity index (χ1v) is 12.0. The van der Waals surface area contributed by atoms with Gasteiger partial charge in [0, 0.05) is 38.3 Å². The topological polar surface area (TPSA) is 86.8 Å². The van der Waals surface area contributed by atoms with Crippen molar-refractivity contribution in [1.82, 2.24) is 9.21 Å². The molecular weight excluding hydrogens is 438 g/mol. The van der Waals surface area contributed by atoms with Crippen LogP contribution in [0.3, 0.4) is 0 Å². The Morgan fingerprint density at radius 2 is 1.58 bits per heavy atom. The monoisotopic (exact) mass is 463 g/mol. The second-order valence-electron chi connectivity index (χ2n) is 8.09. The van der Waals surface area contributed by atoms with Gasteiger partial charge in [-0.15, -0.1) is 0 Å². The highest BCUT2D eigenvalue weighted by Gasteiger charge is 2.35. The third-order valence-electron chi connectivity index (χ3n) is 5.71. The molecule has 0 unspecified atom stereocenters. The third kappa shape index (κ3) is 4.67. The zero-order chi connectivity index (χ0) is 23.6. The van der Waals surface area contributed by atoms with Crippen molar-refractivity contribution >= 4 is 27.5 Å². The van der Waals surface area contributed by atoms with Gasteiger partial charge >= 0.3 is 0 Å². The summed E-state index contributed by atoms with van der Waals surface area (Å²) >= 11 is 0. The van der Waals surface area contributed by atoms with E-state index in [0.29, 0.717) is 24.2 Å². The molecule has 170 valence electrons. The van der Waals surface area contributed by atoms with E-state index in [1.54, 1.807) is 41.3 Å². The number of hydrogen-bond donors (Lipinski definition) is 1. The van der Waals surface area contributed by atoms with E-state index < -0.39 is 16.1 Å². The molecule has 33 heavy (non-hydrogen) atoms. The van der Waals surface area contributed by atoms with Crippen LogP contribution < -0.4 is 5.32 Å². The number of nitrogens with one attached hydrogen (secondary N) is 1. The predicted molar refractivity (Wildman–Crippen MR) is 126 cm³/mol. The van der Waals surface area contributed by atoms with Crippen LogP contribution in [0.2, 0.25) is 0 Å². The Balaban J connectivity index is 1.64. The molecule has 0 radical (unpaired) electrons. The highest BCUT2D eigenvalue weighted by atomic mass is 32.2. The second kappa shape index (κ2) is 9.17. The van der Waals surface area contributed by atoms with Crippen LogP contribution in [-0.4, -0.2) is 49.6 Å². The van der Waals surface area contributed by atoms with E-state index >= 15 is 0 Å². The van der Waals surface area contributed by atoms with Gasteiger partial charge in [0.2, 0.25) is 15.9 Å². The van der Waals surface area contributed by atoms with E-state index in [9.17, 15) is 18.0 Å². The minimum absolute atomic E-state index is 0.0801. The summed E-state index contributed by atoms with van der Waals surface area (Å²) in [5, 5.41) is 2.81. The lowest BCUT2D eigenvalue weighted by Gasteiger charge is -2.36. The van der Waals surface area contributed by atoms with Crippen LogP contribution in [0.25, 0.3) is 0 Å². The van der Waals surface area contributed by atoms with E-state index in [2.05, 4.69) is 5.32 Å². The molecule has 0 saturated carbocycles. The molecule has 1 atom stereocenters. The molecule has 8 heteroatoms. The first kappa shape index (κ1) is 22.7. The van der Waals surface area contributed by atoms with Crippen molar-refractivity contribution in [3.63, 3.8) is 0 Å². The molecule has 3 aromatic rings. The van der Waals surface area contributed by atoms with Crippen LogP contribution in [-0.2, 0) is 27.8 Å². The molecule has 0 aromatic heterocycles. The summed E-state index contributed by atoms with van der Waals surface area (Å²) in [7, 11) is -0.740. The van der Waals surface area contributed by atoms with Crippen LogP contribution in [0, 0.1) is 0 Å². The average Bonchev–Trinajstić information content (AvgIpc) is 2.83. The molecule has 4 rings (SSSR count). The normalized spacial score (nSPS) is 15.7. The maximum absolute atomic E-state index is 13.4. The van der Waals surface area contributed by atoms with Crippen LogP contribution >= 0.6 is 0 Å². The summed E-state index contributed by atoms with van der Waals surface area (Å²) < 4.78 is 26.1. The molecule has 0 saturated heterocycles. The predicted octanol–water partition coefficient (Wildman–Crippen LogP) is 3.14. The lowest BCUT2D eigenvalue weighted by molar-refractivity contribution is -0.121. The molecular formula is C25H25N3O4S. The standard InChI is InChI=1S/C25H25N3O4S/c1-27(2)33(31,32)22-14-8-13-21(16-22)26-24(29)23-15-19-11-6-7-12-20(19)17-28(23)25(30)18-9-4-3-5-10-18/h3-14,16,23H,15,17H2,1-2H3,(H,26,29)/t23-/m0/s1. The molecule has 2 amide bonds. The van der Waals surface area contributed by atoms with E-state index in [4.69, 9.17) is 0 Å². The molecule has 1 aliphatic rings. The number of hydrogen-bond acceptors (Lipinski definition) is 4. The van der Waals surface area contributed by atoms with Crippen molar-refractivity contribution in [2.24, 2.45) is 0 Å². The van der Waals surface area contributed by atoms with Gasteiger partial charge in [0.05, 0.1) is 4.90 Å². The number of sulfonamides is 1. The molecule has 3 aromatic carbocycles. The average molecular weight is 464 g/mol. The van der Waals surface area contributed by atoms with Gasteiger partial charge in [-0.25, -0.2) is 12.7 Å². The van der Waals surface area contributed by atoms with Crippen molar-refractivity contribution in [3.05, 3.63) is 95.6 Å². The number of nitrogens with zero attached hydrogens (tertiary/aromatic N) is 2. The fourth-order valence-corrected chi connectivity index (χ4v) is 4.84. The Morgan fingerprint density at radius 1 is 0.909 bits per heavy atom. The lowest BCUT2D eigenvalue weighted by atomic mass is 9.92. The summed E-state index contributed by atoms with van der Waals surface area (Å²) in [5.74, 6) is -0.595. The fourth-order valence-electron chi connectivity index (χ4n) is 3.89. The van der Waals surface area contributed by atoms with E-state index in [0.717, 1.165) is 15.4 Å². The highest BCUT2D eigenvalue weighted by molar-refractivity contribution is 7.89. The number of benzene rings is 3. The zero-order valence-electron chi connectivity index (χ0n) is 18.4. The van der Waals surface area contributed by atoms with Crippen molar-refractivity contribution < 1.29 is 18.0 Å². The van der Waals surface area contributed by atoms with Gasteiger partial charge in [-0.2, -0.15) is 0 Å². The molecule has 0 fully saturated rings. The van der Waals surface area contributed by atoms with Gasteiger partial charge in [-0.1, -0.05) is 48.5 Å². The third-order valence-corrected chi connectivity index (χ3v) is 7.52. The number of carbonyl (C=O) groups excluding carboxylic acids is 2. The Hall–Kier alpha value is -3.49. The van der Waals surface area contributed by atoms with Crippen LogP contribution in [0.15, 0.2) is 83.8 Å². The lowest BCUT2D eigenvalue weighted by Crippen LogP contribution is -2.50. The highest BCUT2D eigenvalue weighted by Crippen LogP contribution is 2.26. The van der Waals surface area contributed by atoms with E-state index in [1.807, 2.05) is 30.3 Å². The van der Waals surface area contributed by atoms with Gasteiger partial charge < -0.3 is 10.2 Å². The minimum Gasteiger partial charge on any atom is -0.324 e. The van der Waals surface area contributed by atoms with Crippen LogP contribution in [0.1, 0.15) is 21.5 Å². The minimum atomic E-state index is -3.64. The number of rotatable bonds is 5. The number of carbonyl (C=O) groups is 2. The van der Waals surface area contributed by atoms with Gasteiger partial charge in [0.15, 0.2) is 0 Å². The first-order chi connectivity index (χ1) is 15.8. The molecule has 0 bridgehead atoms. The molecule has 1 aliphatic heterocycles. The number of fused-ring (bicyclic) bond motifs is 1. The van der Waals surface area contributed by atoms with Crippen molar-refractivity contribution in [2.75, 3.05) is 19.4 Å². The molecule has 0 aliphatic carbocycles. The summed E-state index contributed by atoms with van der Waals surface area (Å²) in [6.45, 7) is 0.317. The maximum Gasteiger partial charge on any atom is 0.254 e. The Morgan fingerprint density at radius 3 is 2.27 bits per heavy atom. The van der Waals surface area contributed by atoms with E-state index in [-0.39, 0.29) is 16.7 Å². The van der Waals surface area contributed by atoms with Crippen molar-refractivity contribution in [3.8, 4) is 0 Å². The van der Waals surface area contributed by atoms with Crippen LogP contribution in [0.4, 0.5) is 5.69 Å². The van der Waals surface area contributed by atoms with Gasteiger partial charge in [-0.05, 0) is 41.5 Å². The molecule has 7 nitrogen and oxygen atoms in total. The van der Waals surface area contributed by atoms with Crippen molar-refractivity contribution in [1.29, 1.82) is 0 Å². The first-order valence-electron chi connectivity index (χ1n) is 10.5. The number of amides is 2. The summed E-state index contributed by atoms with van der Waals surface area (Å²) in [5.41, 5.74) is 2.88. The molecule has 1 heterocycles. The van der Waals surface area contributed by atoms with Gasteiger partial charge in [0.1, 0.15) is 6.04 Å². The smallest absolute Gasteiger partial charge is 0.254 e. The SMILES string of the molecule is CN(C)S(=O)(=O)c1cccc(NC(=O)[C@@H]2Cc3ccccc3CN2C(=O)c2ccccc2)c1. The summed E-state index contributed by atoms with van der Waals surface area (Å²) in [6, 6.07) is 22.0. The Bertz CT molecular complexity index is 1290. The number of anilines is 1. The Labute approximate surface area is 193 Å². The van der Waals surface area contributed by atoms with Crippen molar-refractivity contribution in [2.45, 2.75) is 23.9 Å². The van der Waals surface area contributed by atoms with E-state index in [1.165, 1.54) is 26.2 Å². The molecule has 0 spiro atoms. The second-order valence-corrected chi connectivity index (χ2v) is 10.2. The largest absolute Gasteiger partial charge is 0.324 e. The van der Waals surface area contributed by atoms with Gasteiger partial charge in [-0.3, -0.25) is 9.59 Å². The quantitative estimate of drug-likeness (QED) is 0.630. The fraction of sp³-hybridized carbons (Fsp3) is 0.200. The molecule has 1 N–H and O–H groups in total. The maximum atomic E-state index is 13.4. The van der Waals surface area contributed by atoms with Gasteiger partial charge in [0.25, 0.3) is 5.91 Å². The van der Waals surface area contributed by atoms with Crippen LogP contribution in [0.5, 0.6) is 0 Å². The Kier molecular flexibility index (Phi) is 6.31. The summed E-state index contributed by atoms with van der Waals surface area (Å²) in [6.07, 6.45) is 0.371. The summed E-state index contributed by atoms with van der Waals surface area (Å²) in [4.78, 5) is 28.3. The zero-order valence-corrected chi connectivity index (χ0v) is 19.2.